The number of hydrogen-bond acceptors (Lipinski definition) is 6. The topological polar surface area (TPSA) is 90.3 Å². The molecule has 1 amide bonds. The van der Waals surface area contributed by atoms with Crippen LogP contribution in [0.25, 0.3) is 0 Å². The molecule has 3 rings (SSSR count). The normalized spacial score (nSPS) is 12.5. The zero-order valence-electron chi connectivity index (χ0n) is 16.7. The maximum atomic E-state index is 12.7. The Balaban J connectivity index is 1.66. The van der Waals surface area contributed by atoms with Crippen molar-refractivity contribution in [2.45, 2.75) is 50.7 Å². The van der Waals surface area contributed by atoms with Crippen LogP contribution in [0.15, 0.2) is 34.2 Å². The number of aromatic nitrogens is 2. The SMILES string of the molecule is CCCCOC(=O)c1ccc(NC(=O)Cn2c(SC)nc3c(c2=O)CCC3)cc1. The molecule has 1 aromatic heterocycles. The van der Waals surface area contributed by atoms with E-state index < -0.39 is 0 Å². The second-order valence-electron chi connectivity index (χ2n) is 6.88. The predicted octanol–water partition coefficient (Wildman–Crippen LogP) is 3.05. The zero-order chi connectivity index (χ0) is 20.8. The third-order valence-electron chi connectivity index (χ3n) is 4.77. The minimum Gasteiger partial charge on any atom is -0.462 e. The summed E-state index contributed by atoms with van der Waals surface area (Å²) in [7, 11) is 0. The first-order valence-electron chi connectivity index (χ1n) is 9.77. The summed E-state index contributed by atoms with van der Waals surface area (Å²) in [5.41, 5.74) is 2.44. The van der Waals surface area contributed by atoms with Crippen LogP contribution in [-0.2, 0) is 28.9 Å². The van der Waals surface area contributed by atoms with Gasteiger partial charge in [-0.05, 0) is 56.2 Å². The first-order valence-corrected chi connectivity index (χ1v) is 11.0. The van der Waals surface area contributed by atoms with Crippen LogP contribution in [-0.4, -0.2) is 34.3 Å². The predicted molar refractivity (Wildman–Crippen MR) is 113 cm³/mol. The number of carbonyl (C=O) groups is 2. The molecular weight excluding hydrogens is 390 g/mol. The van der Waals surface area contributed by atoms with E-state index in [1.807, 2.05) is 13.2 Å². The monoisotopic (exact) mass is 415 g/mol. The van der Waals surface area contributed by atoms with Crippen LogP contribution >= 0.6 is 11.8 Å². The van der Waals surface area contributed by atoms with Gasteiger partial charge in [-0.2, -0.15) is 0 Å². The minimum atomic E-state index is -0.378. The first kappa shape index (κ1) is 21.1. The number of aryl methyl sites for hydroxylation is 1. The molecule has 1 N–H and O–H groups in total. The Bertz CT molecular complexity index is 954. The number of hydrogen-bond donors (Lipinski definition) is 1. The van der Waals surface area contributed by atoms with Gasteiger partial charge in [0.1, 0.15) is 6.54 Å². The van der Waals surface area contributed by atoms with Crippen LogP contribution in [0.3, 0.4) is 0 Å². The fourth-order valence-corrected chi connectivity index (χ4v) is 3.80. The molecule has 1 aromatic carbocycles. The number of nitrogens with one attached hydrogen (secondary N) is 1. The highest BCUT2D eigenvalue weighted by Crippen LogP contribution is 2.20. The Morgan fingerprint density at radius 1 is 1.24 bits per heavy atom. The van der Waals surface area contributed by atoms with Gasteiger partial charge in [0.05, 0.1) is 17.9 Å². The number of benzene rings is 1. The van der Waals surface area contributed by atoms with Crippen molar-refractivity contribution in [2.24, 2.45) is 0 Å². The quantitative estimate of drug-likeness (QED) is 0.308. The summed E-state index contributed by atoms with van der Waals surface area (Å²) in [4.78, 5) is 41.7. The van der Waals surface area contributed by atoms with Crippen molar-refractivity contribution in [3.05, 3.63) is 51.4 Å². The highest BCUT2D eigenvalue weighted by Gasteiger charge is 2.21. The van der Waals surface area contributed by atoms with Crippen LogP contribution < -0.4 is 10.9 Å². The minimum absolute atomic E-state index is 0.101. The van der Waals surface area contributed by atoms with Gasteiger partial charge in [0.25, 0.3) is 5.56 Å². The summed E-state index contributed by atoms with van der Waals surface area (Å²) < 4.78 is 6.60. The van der Waals surface area contributed by atoms with Gasteiger partial charge in [-0.15, -0.1) is 0 Å². The summed E-state index contributed by atoms with van der Waals surface area (Å²) in [5.74, 6) is -0.697. The number of nitrogens with zero attached hydrogens (tertiary/aromatic N) is 2. The van der Waals surface area contributed by atoms with Crippen molar-refractivity contribution in [1.82, 2.24) is 9.55 Å². The molecule has 0 radical (unpaired) electrons. The van der Waals surface area contributed by atoms with Crippen LogP contribution in [0.2, 0.25) is 0 Å². The van der Waals surface area contributed by atoms with E-state index in [0.717, 1.165) is 36.9 Å². The molecule has 0 bridgehead atoms. The summed E-state index contributed by atoms with van der Waals surface area (Å²) >= 11 is 1.36. The molecule has 2 aromatic rings. The molecule has 0 saturated carbocycles. The average molecular weight is 416 g/mol. The van der Waals surface area contributed by atoms with Gasteiger partial charge in [0, 0.05) is 11.3 Å². The molecule has 0 fully saturated rings. The molecule has 0 atom stereocenters. The van der Waals surface area contributed by atoms with Gasteiger partial charge in [-0.25, -0.2) is 9.78 Å². The lowest BCUT2D eigenvalue weighted by atomic mass is 10.2. The van der Waals surface area contributed by atoms with Crippen molar-refractivity contribution in [3.8, 4) is 0 Å². The van der Waals surface area contributed by atoms with Gasteiger partial charge in [0.2, 0.25) is 5.91 Å². The van der Waals surface area contributed by atoms with Crippen molar-refractivity contribution >= 4 is 29.3 Å². The number of thioether (sulfide) groups is 1. The van der Waals surface area contributed by atoms with Gasteiger partial charge >= 0.3 is 5.97 Å². The summed E-state index contributed by atoms with van der Waals surface area (Å²) in [6.07, 6.45) is 6.09. The van der Waals surface area contributed by atoms with Gasteiger partial charge in [0.15, 0.2) is 5.16 Å². The highest BCUT2D eigenvalue weighted by molar-refractivity contribution is 7.98. The van der Waals surface area contributed by atoms with Gasteiger partial charge in [-0.3, -0.25) is 14.2 Å². The van der Waals surface area contributed by atoms with Gasteiger partial charge < -0.3 is 10.1 Å². The molecule has 8 heteroatoms. The number of rotatable bonds is 8. The molecule has 29 heavy (non-hydrogen) atoms. The second-order valence-corrected chi connectivity index (χ2v) is 7.66. The summed E-state index contributed by atoms with van der Waals surface area (Å²) in [6.45, 7) is 2.33. The molecule has 0 unspecified atom stereocenters. The largest absolute Gasteiger partial charge is 0.462 e. The lowest BCUT2D eigenvalue weighted by molar-refractivity contribution is -0.116. The third kappa shape index (κ3) is 5.06. The molecule has 7 nitrogen and oxygen atoms in total. The highest BCUT2D eigenvalue weighted by atomic mass is 32.2. The molecule has 1 heterocycles. The lowest BCUT2D eigenvalue weighted by Gasteiger charge is -2.13. The van der Waals surface area contributed by atoms with E-state index in [9.17, 15) is 14.4 Å². The first-order chi connectivity index (χ1) is 14.0. The number of esters is 1. The summed E-state index contributed by atoms with van der Waals surface area (Å²) in [5, 5.41) is 3.32. The molecule has 1 aliphatic rings. The standard InChI is InChI=1S/C21H25N3O4S/c1-3-4-12-28-20(27)14-8-10-15(11-9-14)22-18(25)13-24-19(26)16-6-5-7-17(16)23-21(24)29-2/h8-11H,3-7,12-13H2,1-2H3,(H,22,25). The van der Waals surface area contributed by atoms with E-state index in [2.05, 4.69) is 10.3 Å². The zero-order valence-corrected chi connectivity index (χ0v) is 17.5. The summed E-state index contributed by atoms with van der Waals surface area (Å²) in [6, 6.07) is 6.52. The molecule has 1 aliphatic carbocycles. The maximum Gasteiger partial charge on any atom is 0.338 e. The van der Waals surface area contributed by atoms with Crippen molar-refractivity contribution in [3.63, 3.8) is 0 Å². The average Bonchev–Trinajstić information content (AvgIpc) is 3.19. The number of fused-ring (bicyclic) bond motifs is 1. The smallest absolute Gasteiger partial charge is 0.338 e. The van der Waals surface area contributed by atoms with Crippen LogP contribution in [0, 0.1) is 0 Å². The van der Waals surface area contributed by atoms with E-state index in [-0.39, 0.29) is 24.0 Å². The number of carbonyl (C=O) groups excluding carboxylic acids is 2. The van der Waals surface area contributed by atoms with Crippen molar-refractivity contribution in [2.75, 3.05) is 18.2 Å². The van der Waals surface area contributed by atoms with E-state index >= 15 is 0 Å². The Hall–Kier alpha value is -2.61. The third-order valence-corrected chi connectivity index (χ3v) is 5.45. The van der Waals surface area contributed by atoms with Crippen LogP contribution in [0.5, 0.6) is 0 Å². The fraction of sp³-hybridized carbons (Fsp3) is 0.429. The van der Waals surface area contributed by atoms with Crippen LogP contribution in [0.1, 0.15) is 47.8 Å². The Morgan fingerprint density at radius 2 is 2.00 bits per heavy atom. The lowest BCUT2D eigenvalue weighted by Crippen LogP contribution is -2.32. The maximum absolute atomic E-state index is 12.7. The van der Waals surface area contributed by atoms with Crippen molar-refractivity contribution < 1.29 is 14.3 Å². The van der Waals surface area contributed by atoms with Crippen LogP contribution in [0.4, 0.5) is 5.69 Å². The Kier molecular flexibility index (Phi) is 7.09. The number of anilines is 1. The fourth-order valence-electron chi connectivity index (χ4n) is 3.23. The Labute approximate surface area is 173 Å². The second kappa shape index (κ2) is 9.73. The van der Waals surface area contributed by atoms with Crippen molar-refractivity contribution in [1.29, 1.82) is 0 Å². The number of ether oxygens (including phenoxy) is 1. The Morgan fingerprint density at radius 3 is 2.69 bits per heavy atom. The molecule has 154 valence electrons. The molecular formula is C21H25N3O4S. The van der Waals surface area contributed by atoms with E-state index in [1.54, 1.807) is 24.3 Å². The van der Waals surface area contributed by atoms with E-state index in [1.165, 1.54) is 16.3 Å². The molecule has 0 aliphatic heterocycles. The molecule has 0 saturated heterocycles. The molecule has 0 spiro atoms. The van der Waals surface area contributed by atoms with E-state index in [4.69, 9.17) is 4.74 Å². The number of amides is 1. The van der Waals surface area contributed by atoms with Gasteiger partial charge in [-0.1, -0.05) is 25.1 Å². The number of unbranched alkanes of at least 4 members (excludes halogenated alkanes) is 1. The van der Waals surface area contributed by atoms with E-state index in [0.29, 0.717) is 29.4 Å².